The highest BCUT2D eigenvalue weighted by Crippen LogP contribution is 2.33. The van der Waals surface area contributed by atoms with Crippen LogP contribution in [0.4, 0.5) is 4.79 Å². The highest BCUT2D eigenvalue weighted by Gasteiger charge is 2.50. The molecule has 6 nitrogen and oxygen atoms in total. The van der Waals surface area contributed by atoms with Gasteiger partial charge in [0.15, 0.2) is 0 Å². The lowest BCUT2D eigenvalue weighted by atomic mass is 9.92. The van der Waals surface area contributed by atoms with Crippen molar-refractivity contribution in [3.05, 3.63) is 70.7 Å². The number of nitrogens with one attached hydrogen (secondary N) is 1. The summed E-state index contributed by atoms with van der Waals surface area (Å²) in [5, 5.41) is 3.06. The molecule has 0 bridgehead atoms. The molecule has 28 heavy (non-hydrogen) atoms. The van der Waals surface area contributed by atoms with Gasteiger partial charge in [-0.1, -0.05) is 60.1 Å². The van der Waals surface area contributed by atoms with E-state index in [1.54, 1.807) is 36.1 Å². The van der Waals surface area contributed by atoms with Crippen LogP contribution >= 0.6 is 11.6 Å². The maximum Gasteiger partial charge on any atom is 0.325 e. The largest absolute Gasteiger partial charge is 0.337 e. The first-order chi connectivity index (χ1) is 13.4. The predicted molar refractivity (Wildman–Crippen MR) is 107 cm³/mol. The number of hydrogen-bond donors (Lipinski definition) is 1. The maximum atomic E-state index is 13.0. The van der Waals surface area contributed by atoms with Gasteiger partial charge in [0.05, 0.1) is 0 Å². The molecule has 0 saturated carbocycles. The Balaban J connectivity index is 1.76. The fourth-order valence-corrected chi connectivity index (χ4v) is 3.63. The highest BCUT2D eigenvalue weighted by atomic mass is 35.5. The zero-order valence-electron chi connectivity index (χ0n) is 15.8. The highest BCUT2D eigenvalue weighted by molar-refractivity contribution is 6.32. The van der Waals surface area contributed by atoms with Crippen molar-refractivity contribution in [2.75, 3.05) is 13.1 Å². The Labute approximate surface area is 169 Å². The summed E-state index contributed by atoms with van der Waals surface area (Å²) >= 11 is 6.23. The number of carbonyl (C=O) groups excluding carboxylic acids is 3. The Morgan fingerprint density at radius 2 is 1.75 bits per heavy atom. The summed E-state index contributed by atoms with van der Waals surface area (Å²) in [5.74, 6) is -0.784. The minimum atomic E-state index is -1.30. The summed E-state index contributed by atoms with van der Waals surface area (Å²) in [7, 11) is 0. The molecule has 3 rings (SSSR count). The first-order valence-corrected chi connectivity index (χ1v) is 9.45. The lowest BCUT2D eigenvalue weighted by molar-refractivity contribution is -0.139. The molecule has 1 N–H and O–H groups in total. The zero-order chi connectivity index (χ0) is 20.3. The minimum Gasteiger partial charge on any atom is -0.337 e. The Bertz CT molecular complexity index is 903. The van der Waals surface area contributed by atoms with Gasteiger partial charge in [-0.3, -0.25) is 14.5 Å². The zero-order valence-corrected chi connectivity index (χ0v) is 16.6. The molecule has 0 spiro atoms. The molecule has 0 radical (unpaired) electrons. The van der Waals surface area contributed by atoms with E-state index >= 15 is 0 Å². The van der Waals surface area contributed by atoms with Gasteiger partial charge in [-0.25, -0.2) is 4.79 Å². The Hall–Kier alpha value is -2.86. The normalized spacial score (nSPS) is 18.9. The number of imide groups is 1. The molecule has 0 aliphatic carbocycles. The van der Waals surface area contributed by atoms with Crippen LogP contribution < -0.4 is 5.32 Å². The van der Waals surface area contributed by atoms with E-state index < -0.39 is 17.5 Å². The summed E-state index contributed by atoms with van der Waals surface area (Å²) in [4.78, 5) is 40.8. The molecule has 1 aliphatic heterocycles. The molecule has 4 amide bonds. The second-order valence-electron chi connectivity index (χ2n) is 6.82. The van der Waals surface area contributed by atoms with Crippen LogP contribution in [0.1, 0.15) is 25.0 Å². The number of halogens is 1. The van der Waals surface area contributed by atoms with E-state index in [1.165, 1.54) is 0 Å². The Morgan fingerprint density at radius 1 is 1.11 bits per heavy atom. The fraction of sp³-hybridized carbons (Fsp3) is 0.286. The van der Waals surface area contributed by atoms with Crippen LogP contribution in [0.15, 0.2) is 54.6 Å². The molecule has 2 aromatic carbocycles. The van der Waals surface area contributed by atoms with Gasteiger partial charge in [0, 0.05) is 23.7 Å². The van der Waals surface area contributed by atoms with Gasteiger partial charge in [0.2, 0.25) is 5.91 Å². The van der Waals surface area contributed by atoms with Crippen LogP contribution in [0, 0.1) is 0 Å². The van der Waals surface area contributed by atoms with Crippen LogP contribution in [-0.2, 0) is 21.7 Å². The van der Waals surface area contributed by atoms with Gasteiger partial charge in [0.25, 0.3) is 5.91 Å². The summed E-state index contributed by atoms with van der Waals surface area (Å²) < 4.78 is 0. The lowest BCUT2D eigenvalue weighted by Gasteiger charge is -2.25. The number of rotatable bonds is 6. The van der Waals surface area contributed by atoms with E-state index in [4.69, 9.17) is 11.6 Å². The second-order valence-corrected chi connectivity index (χ2v) is 7.23. The summed E-state index contributed by atoms with van der Waals surface area (Å²) in [6, 6.07) is 15.8. The van der Waals surface area contributed by atoms with Crippen molar-refractivity contribution >= 4 is 29.4 Å². The summed E-state index contributed by atoms with van der Waals surface area (Å²) in [6.07, 6.45) is 0. The van der Waals surface area contributed by atoms with Crippen molar-refractivity contribution < 1.29 is 14.4 Å². The average molecular weight is 400 g/mol. The molecule has 2 aromatic rings. The third kappa shape index (κ3) is 3.73. The SMILES string of the molecule is CCN(Cc1ccccc1)C(=O)CN1C(=O)N[C@@](C)(c2ccccc2Cl)C1=O. The fourth-order valence-electron chi connectivity index (χ4n) is 3.31. The van der Waals surface area contributed by atoms with Crippen molar-refractivity contribution in [3.8, 4) is 0 Å². The molecule has 1 heterocycles. The van der Waals surface area contributed by atoms with E-state index in [0.717, 1.165) is 10.5 Å². The van der Waals surface area contributed by atoms with Gasteiger partial charge in [-0.15, -0.1) is 0 Å². The summed E-state index contributed by atoms with van der Waals surface area (Å²) in [6.45, 7) is 4.03. The number of carbonyl (C=O) groups is 3. The van der Waals surface area contributed by atoms with Crippen molar-refractivity contribution in [2.24, 2.45) is 0 Å². The Morgan fingerprint density at radius 3 is 2.39 bits per heavy atom. The van der Waals surface area contributed by atoms with Crippen LogP contribution in [0.2, 0.25) is 5.02 Å². The molecule has 1 atom stereocenters. The quantitative estimate of drug-likeness (QED) is 0.758. The third-order valence-corrected chi connectivity index (χ3v) is 5.26. The van der Waals surface area contributed by atoms with Crippen LogP contribution in [0.25, 0.3) is 0 Å². The number of likely N-dealkylation sites (N-methyl/N-ethyl adjacent to an activating group) is 1. The van der Waals surface area contributed by atoms with Crippen LogP contribution in [-0.4, -0.2) is 40.7 Å². The molecule has 1 aliphatic rings. The average Bonchev–Trinajstić information content (AvgIpc) is 2.91. The van der Waals surface area contributed by atoms with E-state index in [2.05, 4.69) is 5.32 Å². The lowest BCUT2D eigenvalue weighted by Crippen LogP contribution is -2.44. The standard InChI is InChI=1S/C21H22ClN3O3/c1-3-24(13-15-9-5-4-6-10-15)18(26)14-25-19(27)21(2,23-20(25)28)16-11-7-8-12-17(16)22/h4-12H,3,13-14H2,1-2H3,(H,23,28)/t21-/m0/s1. The first-order valence-electron chi connectivity index (χ1n) is 9.07. The van der Waals surface area contributed by atoms with Gasteiger partial charge in [-0.05, 0) is 25.5 Å². The van der Waals surface area contributed by atoms with Crippen molar-refractivity contribution in [1.82, 2.24) is 15.1 Å². The Kier molecular flexibility index (Phi) is 5.70. The predicted octanol–water partition coefficient (Wildman–Crippen LogP) is 3.16. The maximum absolute atomic E-state index is 13.0. The third-order valence-electron chi connectivity index (χ3n) is 4.93. The monoisotopic (exact) mass is 399 g/mol. The number of amides is 4. The van der Waals surface area contributed by atoms with E-state index in [1.807, 2.05) is 37.3 Å². The smallest absolute Gasteiger partial charge is 0.325 e. The first kappa shape index (κ1) is 19.9. The minimum absolute atomic E-state index is 0.293. The van der Waals surface area contributed by atoms with Gasteiger partial charge < -0.3 is 10.2 Å². The van der Waals surface area contributed by atoms with Crippen molar-refractivity contribution in [3.63, 3.8) is 0 Å². The molecule has 0 aromatic heterocycles. The number of hydrogen-bond acceptors (Lipinski definition) is 3. The van der Waals surface area contributed by atoms with E-state index in [-0.39, 0.29) is 12.5 Å². The second kappa shape index (κ2) is 8.02. The molecule has 7 heteroatoms. The van der Waals surface area contributed by atoms with Crippen LogP contribution in [0.5, 0.6) is 0 Å². The van der Waals surface area contributed by atoms with Crippen molar-refractivity contribution in [1.29, 1.82) is 0 Å². The van der Waals surface area contributed by atoms with E-state index in [0.29, 0.717) is 23.7 Å². The van der Waals surface area contributed by atoms with Gasteiger partial charge in [0.1, 0.15) is 12.1 Å². The topological polar surface area (TPSA) is 69.7 Å². The summed E-state index contributed by atoms with van der Waals surface area (Å²) in [5.41, 5.74) is 0.184. The van der Waals surface area contributed by atoms with Gasteiger partial charge in [-0.2, -0.15) is 0 Å². The number of urea groups is 1. The van der Waals surface area contributed by atoms with E-state index in [9.17, 15) is 14.4 Å². The number of nitrogens with zero attached hydrogens (tertiary/aromatic N) is 2. The van der Waals surface area contributed by atoms with Crippen LogP contribution in [0.3, 0.4) is 0 Å². The van der Waals surface area contributed by atoms with Gasteiger partial charge >= 0.3 is 6.03 Å². The van der Waals surface area contributed by atoms with Crippen molar-refractivity contribution in [2.45, 2.75) is 25.9 Å². The molecule has 1 fully saturated rings. The molecule has 0 unspecified atom stereocenters. The molecular weight excluding hydrogens is 378 g/mol. The number of benzene rings is 2. The molecule has 146 valence electrons. The molecular formula is C21H22ClN3O3. The molecule has 1 saturated heterocycles.